The molecule has 0 fully saturated rings. The van der Waals surface area contributed by atoms with E-state index in [2.05, 4.69) is 11.9 Å². The van der Waals surface area contributed by atoms with E-state index < -0.39 is 10.8 Å². The van der Waals surface area contributed by atoms with E-state index in [1.54, 1.807) is 0 Å². The van der Waals surface area contributed by atoms with Crippen LogP contribution in [-0.2, 0) is 12.8 Å². The Morgan fingerprint density at radius 1 is 1.52 bits per heavy atom. The number of carbonyl (C=O) groups is 1. The van der Waals surface area contributed by atoms with Crippen LogP contribution in [0.3, 0.4) is 0 Å². The Bertz CT molecular complexity index is 888. The van der Waals surface area contributed by atoms with Gasteiger partial charge in [-0.05, 0) is 36.8 Å². The van der Waals surface area contributed by atoms with Crippen LogP contribution in [0.1, 0.15) is 39.7 Å². The second-order valence-corrected chi connectivity index (χ2v) is 7.24. The molecular formula is C17H17N3O4S. The average molecular weight is 359 g/mol. The van der Waals surface area contributed by atoms with Crippen molar-refractivity contribution in [2.24, 2.45) is 16.6 Å². The number of thiophene rings is 1. The fourth-order valence-corrected chi connectivity index (χ4v) is 4.17. The van der Waals surface area contributed by atoms with Crippen LogP contribution in [0.4, 0.5) is 10.7 Å². The van der Waals surface area contributed by atoms with Gasteiger partial charge >= 0.3 is 0 Å². The van der Waals surface area contributed by atoms with Gasteiger partial charge in [-0.15, -0.1) is 11.3 Å². The Morgan fingerprint density at radius 3 is 2.96 bits per heavy atom. The number of benzene rings is 1. The summed E-state index contributed by atoms with van der Waals surface area (Å²) in [7, 11) is 0. The van der Waals surface area contributed by atoms with E-state index in [4.69, 9.17) is 5.73 Å². The predicted octanol–water partition coefficient (Wildman–Crippen LogP) is 3.34. The zero-order valence-corrected chi connectivity index (χ0v) is 14.4. The van der Waals surface area contributed by atoms with Crippen molar-refractivity contribution in [1.29, 1.82) is 0 Å². The Hall–Kier alpha value is -2.74. The molecule has 0 saturated carbocycles. The maximum atomic E-state index is 11.9. The Kier molecular flexibility index (Phi) is 4.54. The molecule has 1 amide bonds. The molecule has 2 aromatic rings. The third-order valence-corrected chi connectivity index (χ3v) is 5.48. The molecule has 1 atom stereocenters. The highest BCUT2D eigenvalue weighted by molar-refractivity contribution is 7.16. The lowest BCUT2D eigenvalue weighted by molar-refractivity contribution is -0.384. The van der Waals surface area contributed by atoms with Crippen molar-refractivity contribution in [1.82, 2.24) is 0 Å². The van der Waals surface area contributed by atoms with E-state index in [0.29, 0.717) is 16.5 Å². The number of primary amides is 1. The second-order valence-electron chi connectivity index (χ2n) is 6.15. The minimum atomic E-state index is -0.545. The summed E-state index contributed by atoms with van der Waals surface area (Å²) in [6.07, 6.45) is 4.07. The van der Waals surface area contributed by atoms with E-state index >= 15 is 0 Å². The molecule has 0 saturated heterocycles. The van der Waals surface area contributed by atoms with Gasteiger partial charge in [0.05, 0.1) is 10.5 Å². The minimum Gasteiger partial charge on any atom is -0.507 e. The van der Waals surface area contributed by atoms with Gasteiger partial charge in [-0.2, -0.15) is 0 Å². The van der Waals surface area contributed by atoms with Gasteiger partial charge in [0, 0.05) is 28.8 Å². The molecule has 1 aromatic carbocycles. The number of nitro groups is 1. The van der Waals surface area contributed by atoms with Gasteiger partial charge in [0.15, 0.2) is 0 Å². The number of rotatable bonds is 4. The Balaban J connectivity index is 2.01. The lowest BCUT2D eigenvalue weighted by atomic mass is 9.87. The molecule has 0 spiro atoms. The van der Waals surface area contributed by atoms with E-state index in [9.17, 15) is 20.0 Å². The van der Waals surface area contributed by atoms with Gasteiger partial charge in [-0.1, -0.05) is 6.92 Å². The maximum absolute atomic E-state index is 11.9. The van der Waals surface area contributed by atoms with Gasteiger partial charge in [0.1, 0.15) is 10.8 Å². The number of nitrogens with two attached hydrogens (primary N) is 1. The summed E-state index contributed by atoms with van der Waals surface area (Å²) in [6, 6.07) is 3.70. The lowest BCUT2D eigenvalue weighted by Gasteiger charge is -2.18. The van der Waals surface area contributed by atoms with Crippen LogP contribution in [0.25, 0.3) is 0 Å². The summed E-state index contributed by atoms with van der Waals surface area (Å²) in [5, 5.41) is 21.2. The number of hydrogen-bond acceptors (Lipinski definition) is 6. The molecule has 1 aromatic heterocycles. The fraction of sp³-hybridized carbons (Fsp3) is 0.294. The molecular weight excluding hydrogens is 342 g/mol. The largest absolute Gasteiger partial charge is 0.507 e. The number of nitrogens with zero attached hydrogens (tertiary/aromatic N) is 2. The Morgan fingerprint density at radius 2 is 2.28 bits per heavy atom. The van der Waals surface area contributed by atoms with Crippen molar-refractivity contribution in [3.63, 3.8) is 0 Å². The smallest absolute Gasteiger partial charge is 0.270 e. The standard InChI is InChI=1S/C17H17N3O4S/c1-9-2-5-14-12(6-9)15(16(18)22)17(25-14)19-8-10-7-11(20(23)24)3-4-13(10)21/h3-4,7-9,21H,2,5-6H2,1H3,(H2,18,22). The van der Waals surface area contributed by atoms with Crippen molar-refractivity contribution >= 4 is 34.1 Å². The van der Waals surface area contributed by atoms with Crippen molar-refractivity contribution in [2.75, 3.05) is 0 Å². The van der Waals surface area contributed by atoms with Crippen LogP contribution in [0.5, 0.6) is 5.75 Å². The molecule has 130 valence electrons. The normalized spacial score (nSPS) is 16.8. The van der Waals surface area contributed by atoms with Crippen LogP contribution < -0.4 is 5.73 Å². The number of aromatic hydroxyl groups is 1. The number of non-ortho nitro benzene ring substituents is 1. The molecule has 0 aliphatic heterocycles. The van der Waals surface area contributed by atoms with Crippen LogP contribution >= 0.6 is 11.3 Å². The van der Waals surface area contributed by atoms with E-state index in [-0.39, 0.29) is 17.0 Å². The SMILES string of the molecule is CC1CCc2sc(N=Cc3cc([N+](=O)[O-])ccc3O)c(C(N)=O)c2C1. The highest BCUT2D eigenvalue weighted by atomic mass is 32.1. The van der Waals surface area contributed by atoms with Crippen LogP contribution in [0, 0.1) is 16.0 Å². The van der Waals surface area contributed by atoms with Crippen LogP contribution in [-0.4, -0.2) is 22.2 Å². The number of nitro benzene ring substituents is 1. The first-order chi connectivity index (χ1) is 11.9. The van der Waals surface area contributed by atoms with Crippen molar-refractivity contribution < 1.29 is 14.8 Å². The first-order valence-electron chi connectivity index (χ1n) is 7.82. The topological polar surface area (TPSA) is 119 Å². The molecule has 0 radical (unpaired) electrons. The number of phenolic OH excluding ortho intramolecular Hbond substituents is 1. The number of aryl methyl sites for hydroxylation is 1. The third-order valence-electron chi connectivity index (χ3n) is 4.28. The molecule has 25 heavy (non-hydrogen) atoms. The van der Waals surface area contributed by atoms with Crippen molar-refractivity contribution in [3.05, 3.63) is 49.9 Å². The number of aliphatic imine (C=N–C) groups is 1. The first kappa shape index (κ1) is 17.1. The predicted molar refractivity (Wildman–Crippen MR) is 96.0 cm³/mol. The zero-order valence-electron chi connectivity index (χ0n) is 13.6. The Labute approximate surface area is 148 Å². The summed E-state index contributed by atoms with van der Waals surface area (Å²) in [4.78, 5) is 27.6. The van der Waals surface area contributed by atoms with E-state index in [1.807, 2.05) is 0 Å². The molecule has 7 nitrogen and oxygen atoms in total. The first-order valence-corrected chi connectivity index (χ1v) is 8.64. The summed E-state index contributed by atoms with van der Waals surface area (Å²) < 4.78 is 0. The molecule has 1 aliphatic carbocycles. The van der Waals surface area contributed by atoms with Crippen LogP contribution in [0.15, 0.2) is 23.2 Å². The summed E-state index contributed by atoms with van der Waals surface area (Å²) in [6.45, 7) is 2.13. The number of amides is 1. The fourth-order valence-electron chi connectivity index (χ4n) is 2.98. The molecule has 3 rings (SSSR count). The highest BCUT2D eigenvalue weighted by Crippen LogP contribution is 2.41. The van der Waals surface area contributed by atoms with E-state index in [0.717, 1.165) is 29.7 Å². The van der Waals surface area contributed by atoms with Crippen LogP contribution in [0.2, 0.25) is 0 Å². The van der Waals surface area contributed by atoms with Gasteiger partial charge in [-0.25, -0.2) is 4.99 Å². The van der Waals surface area contributed by atoms with Gasteiger partial charge in [0.2, 0.25) is 0 Å². The third kappa shape index (κ3) is 3.39. The highest BCUT2D eigenvalue weighted by Gasteiger charge is 2.26. The van der Waals surface area contributed by atoms with E-state index in [1.165, 1.54) is 35.8 Å². The molecule has 1 heterocycles. The second kappa shape index (κ2) is 6.64. The van der Waals surface area contributed by atoms with Gasteiger partial charge in [0.25, 0.3) is 11.6 Å². The average Bonchev–Trinajstić information content (AvgIpc) is 2.91. The molecule has 0 bridgehead atoms. The molecule has 3 N–H and O–H groups in total. The quantitative estimate of drug-likeness (QED) is 0.494. The maximum Gasteiger partial charge on any atom is 0.270 e. The van der Waals surface area contributed by atoms with Gasteiger partial charge < -0.3 is 10.8 Å². The lowest BCUT2D eigenvalue weighted by Crippen LogP contribution is -2.17. The van der Waals surface area contributed by atoms with Gasteiger partial charge in [-0.3, -0.25) is 14.9 Å². The number of hydrogen-bond donors (Lipinski definition) is 2. The number of carbonyl (C=O) groups excluding carboxylic acids is 1. The minimum absolute atomic E-state index is 0.120. The van der Waals surface area contributed by atoms with Crippen molar-refractivity contribution in [3.8, 4) is 5.75 Å². The summed E-state index contributed by atoms with van der Waals surface area (Å²) in [5.41, 5.74) is 7.00. The monoisotopic (exact) mass is 359 g/mol. The number of phenols is 1. The summed E-state index contributed by atoms with van der Waals surface area (Å²) in [5.74, 6) is -0.162. The van der Waals surface area contributed by atoms with Crippen molar-refractivity contribution in [2.45, 2.75) is 26.2 Å². The molecule has 1 aliphatic rings. The molecule has 1 unspecified atom stereocenters. The molecule has 8 heteroatoms. The zero-order chi connectivity index (χ0) is 18.1. The summed E-state index contributed by atoms with van der Waals surface area (Å²) >= 11 is 1.41. The number of fused-ring (bicyclic) bond motifs is 1.